The van der Waals surface area contributed by atoms with E-state index in [1.165, 1.54) is 10.9 Å². The molecule has 0 spiro atoms. The number of fused-ring (bicyclic) bond motifs is 1. The Hall–Kier alpha value is -1.32. The van der Waals surface area contributed by atoms with Crippen LogP contribution in [0, 0.1) is 6.92 Å². The van der Waals surface area contributed by atoms with Gasteiger partial charge in [-0.1, -0.05) is 18.2 Å². The number of para-hydroxylation sites is 1. The predicted octanol–water partition coefficient (Wildman–Crippen LogP) is 2.93. The van der Waals surface area contributed by atoms with Crippen LogP contribution in [-0.2, 0) is 6.54 Å². The van der Waals surface area contributed by atoms with Gasteiger partial charge in [-0.15, -0.1) is 0 Å². The number of nitrogens with one attached hydrogen (secondary N) is 1. The number of hydrogen-bond donors (Lipinski definition) is 1. The molecule has 3 heteroatoms. The van der Waals surface area contributed by atoms with Crippen molar-refractivity contribution in [3.05, 3.63) is 35.6 Å². The first kappa shape index (κ1) is 12.7. The molecular weight excluding hydrogens is 236 g/mol. The number of nitrogens with zero attached hydrogens (tertiary/aromatic N) is 1. The Morgan fingerprint density at radius 3 is 2.89 bits per heavy atom. The third-order valence-electron chi connectivity index (χ3n) is 4.22. The number of piperazine rings is 1. The van der Waals surface area contributed by atoms with E-state index in [2.05, 4.69) is 49.2 Å². The maximum absolute atomic E-state index is 5.87. The molecule has 1 aliphatic heterocycles. The van der Waals surface area contributed by atoms with Gasteiger partial charge in [-0.2, -0.15) is 0 Å². The van der Waals surface area contributed by atoms with Crippen molar-refractivity contribution in [1.82, 2.24) is 10.2 Å². The summed E-state index contributed by atoms with van der Waals surface area (Å²) in [4.78, 5) is 2.55. The average Bonchev–Trinajstić information content (AvgIpc) is 2.68. The van der Waals surface area contributed by atoms with Crippen LogP contribution < -0.4 is 5.32 Å². The molecule has 1 fully saturated rings. The van der Waals surface area contributed by atoms with Gasteiger partial charge in [0.15, 0.2) is 0 Å². The van der Waals surface area contributed by atoms with Crippen LogP contribution in [0.15, 0.2) is 28.7 Å². The topological polar surface area (TPSA) is 28.4 Å². The molecule has 19 heavy (non-hydrogen) atoms. The lowest BCUT2D eigenvalue weighted by Crippen LogP contribution is -2.57. The number of rotatable bonds is 2. The lowest BCUT2D eigenvalue weighted by atomic mass is 9.98. The first-order chi connectivity index (χ1) is 9.08. The van der Waals surface area contributed by atoms with Crippen molar-refractivity contribution >= 4 is 11.0 Å². The van der Waals surface area contributed by atoms with E-state index in [1.54, 1.807) is 0 Å². The Morgan fingerprint density at radius 2 is 2.11 bits per heavy atom. The molecular formula is C16H22N2O. The van der Waals surface area contributed by atoms with E-state index < -0.39 is 0 Å². The summed E-state index contributed by atoms with van der Waals surface area (Å²) in [6.07, 6.45) is 0. The molecule has 0 atom stereocenters. The fourth-order valence-electron chi connectivity index (χ4n) is 2.92. The fraction of sp³-hybridized carbons (Fsp3) is 0.500. The van der Waals surface area contributed by atoms with Gasteiger partial charge in [-0.05, 0) is 26.8 Å². The maximum atomic E-state index is 5.87. The third kappa shape index (κ3) is 2.28. The molecule has 0 aliphatic carbocycles. The molecule has 0 bridgehead atoms. The summed E-state index contributed by atoms with van der Waals surface area (Å²) in [5.41, 5.74) is 2.54. The van der Waals surface area contributed by atoms with E-state index in [4.69, 9.17) is 4.42 Å². The zero-order valence-corrected chi connectivity index (χ0v) is 12.0. The van der Waals surface area contributed by atoms with E-state index in [1.807, 2.05) is 6.07 Å². The Morgan fingerprint density at radius 1 is 1.32 bits per heavy atom. The minimum Gasteiger partial charge on any atom is -0.461 e. The van der Waals surface area contributed by atoms with E-state index in [9.17, 15) is 0 Å². The van der Waals surface area contributed by atoms with Crippen LogP contribution in [0.1, 0.15) is 25.2 Å². The van der Waals surface area contributed by atoms with Gasteiger partial charge in [-0.3, -0.25) is 4.90 Å². The van der Waals surface area contributed by atoms with Gasteiger partial charge in [0, 0.05) is 42.7 Å². The minimum absolute atomic E-state index is 0.197. The van der Waals surface area contributed by atoms with Gasteiger partial charge >= 0.3 is 0 Å². The molecule has 0 saturated carbocycles. The highest BCUT2D eigenvalue weighted by Gasteiger charge is 2.30. The van der Waals surface area contributed by atoms with E-state index in [0.717, 1.165) is 37.5 Å². The highest BCUT2D eigenvalue weighted by atomic mass is 16.3. The molecule has 102 valence electrons. The summed E-state index contributed by atoms with van der Waals surface area (Å²) in [6, 6.07) is 8.33. The molecule has 1 N–H and O–H groups in total. The van der Waals surface area contributed by atoms with Gasteiger partial charge in [0.25, 0.3) is 0 Å². The molecule has 1 aliphatic rings. The molecule has 1 saturated heterocycles. The zero-order valence-electron chi connectivity index (χ0n) is 12.0. The SMILES string of the molecule is Cc1oc2ccccc2c1CN1CCNCC1(C)C. The quantitative estimate of drug-likeness (QED) is 0.897. The zero-order chi connectivity index (χ0) is 13.5. The fourth-order valence-corrected chi connectivity index (χ4v) is 2.92. The van der Waals surface area contributed by atoms with Crippen LogP contribution in [0.4, 0.5) is 0 Å². The number of hydrogen-bond acceptors (Lipinski definition) is 3. The number of furan rings is 1. The van der Waals surface area contributed by atoms with Gasteiger partial charge < -0.3 is 9.73 Å². The van der Waals surface area contributed by atoms with Crippen molar-refractivity contribution in [3.8, 4) is 0 Å². The van der Waals surface area contributed by atoms with Crippen LogP contribution >= 0.6 is 0 Å². The smallest absolute Gasteiger partial charge is 0.134 e. The largest absolute Gasteiger partial charge is 0.461 e. The normalized spacial score (nSPS) is 19.9. The lowest BCUT2D eigenvalue weighted by Gasteiger charge is -2.42. The molecule has 0 radical (unpaired) electrons. The monoisotopic (exact) mass is 258 g/mol. The number of benzene rings is 1. The second kappa shape index (κ2) is 4.66. The van der Waals surface area contributed by atoms with E-state index in [0.29, 0.717) is 0 Å². The Balaban J connectivity index is 1.94. The maximum Gasteiger partial charge on any atom is 0.134 e. The minimum atomic E-state index is 0.197. The average molecular weight is 258 g/mol. The van der Waals surface area contributed by atoms with E-state index in [-0.39, 0.29) is 5.54 Å². The summed E-state index contributed by atoms with van der Waals surface area (Å²) in [5.74, 6) is 1.05. The van der Waals surface area contributed by atoms with Crippen LogP contribution in [0.5, 0.6) is 0 Å². The second-order valence-electron chi connectivity index (χ2n) is 6.04. The summed E-state index contributed by atoms with van der Waals surface area (Å²) in [7, 11) is 0. The predicted molar refractivity (Wildman–Crippen MR) is 78.3 cm³/mol. The molecule has 1 aromatic carbocycles. The van der Waals surface area contributed by atoms with Gasteiger partial charge in [-0.25, -0.2) is 0 Å². The summed E-state index contributed by atoms with van der Waals surface area (Å²) in [5, 5.41) is 4.73. The van der Waals surface area contributed by atoms with Crippen molar-refractivity contribution in [3.63, 3.8) is 0 Å². The highest BCUT2D eigenvalue weighted by molar-refractivity contribution is 5.82. The van der Waals surface area contributed by atoms with Crippen LogP contribution in [-0.4, -0.2) is 30.1 Å². The molecule has 3 nitrogen and oxygen atoms in total. The Labute approximate surface area is 114 Å². The second-order valence-corrected chi connectivity index (χ2v) is 6.04. The standard InChI is InChI=1S/C16H22N2O/c1-12-14(13-6-4-5-7-15(13)19-12)10-18-9-8-17-11-16(18,2)3/h4-7,17H,8-11H2,1-3H3. The van der Waals surface area contributed by atoms with E-state index >= 15 is 0 Å². The summed E-state index contributed by atoms with van der Waals surface area (Å²) < 4.78 is 5.87. The van der Waals surface area contributed by atoms with Gasteiger partial charge in [0.1, 0.15) is 11.3 Å². The Bertz CT molecular complexity index is 585. The first-order valence-electron chi connectivity index (χ1n) is 7.01. The molecule has 2 aromatic rings. The number of aryl methyl sites for hydroxylation is 1. The Kier molecular flexibility index (Phi) is 3.11. The third-order valence-corrected chi connectivity index (χ3v) is 4.22. The lowest BCUT2D eigenvalue weighted by molar-refractivity contribution is 0.0827. The van der Waals surface area contributed by atoms with Crippen molar-refractivity contribution in [2.24, 2.45) is 0 Å². The molecule has 3 rings (SSSR count). The van der Waals surface area contributed by atoms with Crippen LogP contribution in [0.3, 0.4) is 0 Å². The van der Waals surface area contributed by atoms with Crippen molar-refractivity contribution < 1.29 is 4.42 Å². The summed E-state index contributed by atoms with van der Waals surface area (Å²) in [6.45, 7) is 10.8. The molecule has 0 amide bonds. The van der Waals surface area contributed by atoms with Crippen molar-refractivity contribution in [1.29, 1.82) is 0 Å². The van der Waals surface area contributed by atoms with Gasteiger partial charge in [0.05, 0.1) is 0 Å². The van der Waals surface area contributed by atoms with Gasteiger partial charge in [0.2, 0.25) is 0 Å². The summed E-state index contributed by atoms with van der Waals surface area (Å²) >= 11 is 0. The van der Waals surface area contributed by atoms with Crippen LogP contribution in [0.2, 0.25) is 0 Å². The molecule has 2 heterocycles. The molecule has 0 unspecified atom stereocenters. The first-order valence-corrected chi connectivity index (χ1v) is 7.01. The van der Waals surface area contributed by atoms with Crippen molar-refractivity contribution in [2.75, 3.05) is 19.6 Å². The van der Waals surface area contributed by atoms with Crippen LogP contribution in [0.25, 0.3) is 11.0 Å². The molecule has 1 aromatic heterocycles. The van der Waals surface area contributed by atoms with Crippen molar-refractivity contribution in [2.45, 2.75) is 32.9 Å². The highest BCUT2D eigenvalue weighted by Crippen LogP contribution is 2.29.